The molecule has 3 aromatic rings. The van der Waals surface area contributed by atoms with Gasteiger partial charge in [-0.2, -0.15) is 5.10 Å². The molecule has 0 spiro atoms. The molecular formula is C23H27N5O3. The highest BCUT2D eigenvalue weighted by Gasteiger charge is 2.23. The fourth-order valence-corrected chi connectivity index (χ4v) is 4.07. The van der Waals surface area contributed by atoms with Crippen molar-refractivity contribution in [3.8, 4) is 11.6 Å². The van der Waals surface area contributed by atoms with E-state index in [1.807, 2.05) is 0 Å². The standard InChI is InChI=1S/C23H27N5O3/c1-15-11-12-28(16-9-10-20(31-3)24-13-16)23(30)21(15)22(29)27(2)14-19-17-7-5-4-6-8-18(17)25-26-19/h9-13H,4-8,14H2,1-3H3,(H,25,26). The van der Waals surface area contributed by atoms with Gasteiger partial charge >= 0.3 is 0 Å². The maximum atomic E-state index is 13.3. The molecular weight excluding hydrogens is 394 g/mol. The third-order valence-corrected chi connectivity index (χ3v) is 5.85. The highest BCUT2D eigenvalue weighted by Crippen LogP contribution is 2.23. The van der Waals surface area contributed by atoms with Gasteiger partial charge in [-0.15, -0.1) is 0 Å². The highest BCUT2D eigenvalue weighted by atomic mass is 16.5. The van der Waals surface area contributed by atoms with Gasteiger partial charge in [-0.05, 0) is 55.9 Å². The predicted octanol–water partition coefficient (Wildman–Crippen LogP) is 2.81. The van der Waals surface area contributed by atoms with Crippen LogP contribution in [0.4, 0.5) is 0 Å². The van der Waals surface area contributed by atoms with Gasteiger partial charge in [0.05, 0.1) is 31.2 Å². The third-order valence-electron chi connectivity index (χ3n) is 5.85. The molecule has 0 saturated heterocycles. The largest absolute Gasteiger partial charge is 0.481 e. The van der Waals surface area contributed by atoms with E-state index in [1.165, 1.54) is 29.4 Å². The average molecular weight is 422 g/mol. The molecule has 0 aliphatic heterocycles. The van der Waals surface area contributed by atoms with Crippen LogP contribution in [0.1, 0.15) is 52.1 Å². The molecule has 162 valence electrons. The molecule has 4 rings (SSSR count). The SMILES string of the molecule is COc1ccc(-n2ccc(C)c(C(=O)N(C)Cc3n[nH]c4c3CCCCC4)c2=O)cn1. The molecule has 0 aromatic carbocycles. The fraction of sp³-hybridized carbons (Fsp3) is 0.391. The number of amides is 1. The lowest BCUT2D eigenvalue weighted by molar-refractivity contribution is 0.0780. The molecule has 0 radical (unpaired) electrons. The molecule has 3 heterocycles. The number of hydrogen-bond acceptors (Lipinski definition) is 5. The number of nitrogens with one attached hydrogen (secondary N) is 1. The second-order valence-electron chi connectivity index (χ2n) is 7.96. The zero-order chi connectivity index (χ0) is 22.0. The molecule has 3 aromatic heterocycles. The van der Waals surface area contributed by atoms with E-state index < -0.39 is 0 Å². The molecule has 1 aliphatic carbocycles. The fourth-order valence-electron chi connectivity index (χ4n) is 4.07. The van der Waals surface area contributed by atoms with E-state index in [0.717, 1.165) is 31.4 Å². The Hall–Kier alpha value is -3.42. The number of carbonyl (C=O) groups excluding carboxylic acids is 1. The lowest BCUT2D eigenvalue weighted by Gasteiger charge is -2.18. The van der Waals surface area contributed by atoms with Crippen molar-refractivity contribution in [1.82, 2.24) is 24.6 Å². The number of aromatic amines is 1. The minimum absolute atomic E-state index is 0.155. The Kier molecular flexibility index (Phi) is 5.88. The topological polar surface area (TPSA) is 93.1 Å². The summed E-state index contributed by atoms with van der Waals surface area (Å²) in [4.78, 5) is 32.2. The van der Waals surface area contributed by atoms with Gasteiger partial charge in [0.2, 0.25) is 5.88 Å². The number of ether oxygens (including phenoxy) is 1. The minimum Gasteiger partial charge on any atom is -0.481 e. The number of aromatic nitrogens is 4. The molecule has 31 heavy (non-hydrogen) atoms. The molecule has 0 unspecified atom stereocenters. The van der Waals surface area contributed by atoms with Gasteiger partial charge in [0.1, 0.15) is 5.56 Å². The van der Waals surface area contributed by atoms with Gasteiger partial charge in [0, 0.05) is 25.0 Å². The Morgan fingerprint density at radius 1 is 1.23 bits per heavy atom. The first-order chi connectivity index (χ1) is 15.0. The molecule has 1 N–H and O–H groups in total. The highest BCUT2D eigenvalue weighted by molar-refractivity contribution is 5.95. The normalized spacial score (nSPS) is 13.4. The second kappa shape index (κ2) is 8.75. The van der Waals surface area contributed by atoms with Crippen LogP contribution in [0.3, 0.4) is 0 Å². The molecule has 8 heteroatoms. The molecule has 1 aliphatic rings. The number of hydrogen-bond donors (Lipinski definition) is 1. The third kappa shape index (κ3) is 4.10. The number of rotatable bonds is 5. The van der Waals surface area contributed by atoms with Crippen molar-refractivity contribution in [2.45, 2.75) is 45.6 Å². The molecule has 0 saturated carbocycles. The number of pyridine rings is 2. The van der Waals surface area contributed by atoms with E-state index in [0.29, 0.717) is 23.7 Å². The van der Waals surface area contributed by atoms with Crippen LogP contribution >= 0.6 is 0 Å². The Morgan fingerprint density at radius 3 is 2.77 bits per heavy atom. The van der Waals surface area contributed by atoms with Crippen LogP contribution < -0.4 is 10.3 Å². The van der Waals surface area contributed by atoms with Crippen LogP contribution in [0.2, 0.25) is 0 Å². The zero-order valence-corrected chi connectivity index (χ0v) is 18.1. The van der Waals surface area contributed by atoms with E-state index in [4.69, 9.17) is 4.74 Å². The maximum Gasteiger partial charge on any atom is 0.268 e. The van der Waals surface area contributed by atoms with Gasteiger partial charge in [0.25, 0.3) is 11.5 Å². The van der Waals surface area contributed by atoms with Crippen LogP contribution in [-0.4, -0.2) is 44.7 Å². The number of methoxy groups -OCH3 is 1. The summed E-state index contributed by atoms with van der Waals surface area (Å²) in [5.74, 6) is 0.141. The molecule has 0 atom stereocenters. The van der Waals surface area contributed by atoms with Gasteiger partial charge in [-0.3, -0.25) is 19.3 Å². The summed E-state index contributed by atoms with van der Waals surface area (Å²) in [6.45, 7) is 2.14. The van der Waals surface area contributed by atoms with Crippen molar-refractivity contribution >= 4 is 5.91 Å². The first-order valence-electron chi connectivity index (χ1n) is 10.5. The second-order valence-corrected chi connectivity index (χ2v) is 7.96. The van der Waals surface area contributed by atoms with Crippen LogP contribution in [0.15, 0.2) is 35.4 Å². The molecule has 8 nitrogen and oxygen atoms in total. The molecule has 1 amide bonds. The van der Waals surface area contributed by atoms with Crippen molar-refractivity contribution < 1.29 is 9.53 Å². The zero-order valence-electron chi connectivity index (χ0n) is 18.1. The quantitative estimate of drug-likeness (QED) is 0.640. The van der Waals surface area contributed by atoms with E-state index in [1.54, 1.807) is 49.5 Å². The van der Waals surface area contributed by atoms with Gasteiger partial charge in [-0.25, -0.2) is 4.98 Å². The minimum atomic E-state index is -0.371. The summed E-state index contributed by atoms with van der Waals surface area (Å²) < 4.78 is 6.51. The van der Waals surface area contributed by atoms with Crippen molar-refractivity contribution in [2.75, 3.05) is 14.2 Å². The summed E-state index contributed by atoms with van der Waals surface area (Å²) in [7, 11) is 3.25. The van der Waals surface area contributed by atoms with Gasteiger partial charge in [-0.1, -0.05) is 6.42 Å². The predicted molar refractivity (Wildman–Crippen MR) is 117 cm³/mol. The van der Waals surface area contributed by atoms with Crippen molar-refractivity contribution in [1.29, 1.82) is 0 Å². The van der Waals surface area contributed by atoms with E-state index >= 15 is 0 Å². The van der Waals surface area contributed by atoms with Crippen molar-refractivity contribution in [3.05, 3.63) is 69.0 Å². The van der Waals surface area contributed by atoms with Crippen LogP contribution in [0, 0.1) is 6.92 Å². The summed E-state index contributed by atoms with van der Waals surface area (Å²) >= 11 is 0. The number of carbonyl (C=O) groups is 1. The number of H-pyrrole nitrogens is 1. The summed E-state index contributed by atoms with van der Waals surface area (Å²) in [6, 6.07) is 5.19. The van der Waals surface area contributed by atoms with E-state index in [9.17, 15) is 9.59 Å². The summed E-state index contributed by atoms with van der Waals surface area (Å²) in [5, 5.41) is 7.60. The maximum absolute atomic E-state index is 13.3. The summed E-state index contributed by atoms with van der Waals surface area (Å²) in [6.07, 6.45) is 8.68. The average Bonchev–Trinajstić information content (AvgIpc) is 2.99. The molecule has 0 fully saturated rings. The Morgan fingerprint density at radius 2 is 2.03 bits per heavy atom. The van der Waals surface area contributed by atoms with Crippen LogP contribution in [0.5, 0.6) is 5.88 Å². The number of fused-ring (bicyclic) bond motifs is 1. The van der Waals surface area contributed by atoms with E-state index in [2.05, 4.69) is 15.2 Å². The Labute approximate surface area is 180 Å². The summed E-state index contributed by atoms with van der Waals surface area (Å²) in [5.41, 5.74) is 4.29. The van der Waals surface area contributed by atoms with Crippen molar-refractivity contribution in [3.63, 3.8) is 0 Å². The lowest BCUT2D eigenvalue weighted by Crippen LogP contribution is -2.35. The lowest BCUT2D eigenvalue weighted by atomic mass is 10.1. The number of aryl methyl sites for hydroxylation is 2. The van der Waals surface area contributed by atoms with Gasteiger partial charge in [0.15, 0.2) is 0 Å². The number of nitrogens with zero attached hydrogens (tertiary/aromatic N) is 4. The first-order valence-corrected chi connectivity index (χ1v) is 10.5. The van der Waals surface area contributed by atoms with E-state index in [-0.39, 0.29) is 17.0 Å². The Balaban J connectivity index is 1.62. The van der Waals surface area contributed by atoms with Crippen LogP contribution in [0.25, 0.3) is 5.69 Å². The van der Waals surface area contributed by atoms with Crippen LogP contribution in [-0.2, 0) is 19.4 Å². The first kappa shape index (κ1) is 20.8. The smallest absolute Gasteiger partial charge is 0.268 e. The molecule has 0 bridgehead atoms. The monoisotopic (exact) mass is 421 g/mol. The van der Waals surface area contributed by atoms with Crippen molar-refractivity contribution in [2.24, 2.45) is 0 Å². The van der Waals surface area contributed by atoms with Gasteiger partial charge < -0.3 is 9.64 Å². The Bertz CT molecular complexity index is 1150.